The summed E-state index contributed by atoms with van der Waals surface area (Å²) in [7, 11) is 0. The van der Waals surface area contributed by atoms with Gasteiger partial charge in [0.2, 0.25) is 5.54 Å². The molecule has 0 spiro atoms. The summed E-state index contributed by atoms with van der Waals surface area (Å²) in [6.07, 6.45) is -4.50. The summed E-state index contributed by atoms with van der Waals surface area (Å²) in [5.41, 5.74) is -2.09. The van der Waals surface area contributed by atoms with Gasteiger partial charge in [-0.2, -0.15) is 13.2 Å². The average Bonchev–Trinajstić information content (AvgIpc) is 2.74. The zero-order valence-corrected chi connectivity index (χ0v) is 16.3. The number of carbonyl (C=O) groups excluding carboxylic acids is 3. The number of para-hydroxylation sites is 1. The molecule has 0 aromatic heterocycles. The number of hydrogen-bond acceptors (Lipinski definition) is 5. The van der Waals surface area contributed by atoms with Crippen molar-refractivity contribution in [2.45, 2.75) is 11.7 Å². The summed E-state index contributed by atoms with van der Waals surface area (Å²) >= 11 is 0. The summed E-state index contributed by atoms with van der Waals surface area (Å²) < 4.78 is 40.3. The van der Waals surface area contributed by atoms with Gasteiger partial charge in [0.05, 0.1) is 5.56 Å². The molecule has 0 atom stereocenters. The maximum atomic E-state index is 13.4. The van der Waals surface area contributed by atoms with E-state index in [1.807, 2.05) is 0 Å². The van der Waals surface area contributed by atoms with Crippen LogP contribution in [0.25, 0.3) is 0 Å². The van der Waals surface area contributed by atoms with Crippen molar-refractivity contribution in [3.8, 4) is 0 Å². The van der Waals surface area contributed by atoms with Crippen molar-refractivity contribution in [3.05, 3.63) is 65.7 Å². The Kier molecular flexibility index (Phi) is 5.18. The Hall–Kier alpha value is -3.40. The van der Waals surface area contributed by atoms with Gasteiger partial charge in [-0.3, -0.25) is 25.1 Å². The molecule has 4 amide bonds. The van der Waals surface area contributed by atoms with Gasteiger partial charge in [-0.05, 0) is 17.7 Å². The number of amides is 4. The molecular weight excluding hydrogens is 413 g/mol. The van der Waals surface area contributed by atoms with Crippen LogP contribution in [0.5, 0.6) is 0 Å². The van der Waals surface area contributed by atoms with Crippen LogP contribution in [0.15, 0.2) is 54.6 Å². The van der Waals surface area contributed by atoms with Crippen molar-refractivity contribution in [2.24, 2.45) is 0 Å². The normalized spacial score (nSPS) is 19.7. The number of rotatable bonds is 3. The van der Waals surface area contributed by atoms with Crippen molar-refractivity contribution in [3.63, 3.8) is 0 Å². The first kappa shape index (κ1) is 20.9. The van der Waals surface area contributed by atoms with Crippen molar-refractivity contribution in [2.75, 3.05) is 31.1 Å². The number of hydrogen-bond donors (Lipinski definition) is 2. The fraction of sp³-hybridized carbons (Fsp3) is 0.286. The number of anilines is 1. The molecule has 31 heavy (non-hydrogen) atoms. The van der Waals surface area contributed by atoms with Crippen LogP contribution in [-0.2, 0) is 21.3 Å². The fourth-order valence-corrected chi connectivity index (χ4v) is 4.20. The van der Waals surface area contributed by atoms with Crippen LogP contribution in [0.2, 0.25) is 0 Å². The number of halogens is 3. The Labute approximate surface area is 175 Å². The van der Waals surface area contributed by atoms with Crippen LogP contribution in [0.4, 0.5) is 23.7 Å². The van der Waals surface area contributed by atoms with E-state index in [2.05, 4.69) is 10.6 Å². The van der Waals surface area contributed by atoms with E-state index in [1.54, 1.807) is 40.1 Å². The largest absolute Gasteiger partial charge is 0.418 e. The first-order chi connectivity index (χ1) is 14.7. The van der Waals surface area contributed by atoms with Crippen LogP contribution in [0.3, 0.4) is 0 Å². The second-order valence-electron chi connectivity index (χ2n) is 7.30. The topological polar surface area (TPSA) is 81.8 Å². The lowest BCUT2D eigenvalue weighted by atomic mass is 9.84. The van der Waals surface area contributed by atoms with E-state index in [4.69, 9.17) is 0 Å². The van der Waals surface area contributed by atoms with Crippen molar-refractivity contribution < 1.29 is 27.6 Å². The molecule has 2 aliphatic heterocycles. The maximum Gasteiger partial charge on any atom is 0.418 e. The van der Waals surface area contributed by atoms with Crippen molar-refractivity contribution >= 4 is 23.5 Å². The molecule has 2 aromatic rings. The summed E-state index contributed by atoms with van der Waals surface area (Å²) in [6.45, 7) is 0.596. The van der Waals surface area contributed by atoms with E-state index < -0.39 is 35.1 Å². The molecule has 162 valence electrons. The van der Waals surface area contributed by atoms with E-state index >= 15 is 0 Å². The molecule has 2 saturated heterocycles. The third-order valence-corrected chi connectivity index (χ3v) is 5.61. The van der Waals surface area contributed by atoms with Crippen LogP contribution in [-0.4, -0.2) is 48.9 Å². The minimum Gasteiger partial charge on any atom is -0.368 e. The highest BCUT2D eigenvalue weighted by Crippen LogP contribution is 2.38. The van der Waals surface area contributed by atoms with E-state index in [0.717, 1.165) is 6.07 Å². The summed E-state index contributed by atoms with van der Waals surface area (Å²) in [5, 5.41) is 4.31. The Morgan fingerprint density at radius 2 is 1.32 bits per heavy atom. The van der Waals surface area contributed by atoms with Gasteiger partial charge in [-0.25, -0.2) is 4.79 Å². The summed E-state index contributed by atoms with van der Waals surface area (Å²) in [5.74, 6) is -1.56. The third-order valence-electron chi connectivity index (χ3n) is 5.61. The number of barbiturate groups is 1. The number of nitrogens with one attached hydrogen (secondary N) is 2. The first-order valence-electron chi connectivity index (χ1n) is 9.63. The lowest BCUT2D eigenvalue weighted by Gasteiger charge is -2.47. The highest BCUT2D eigenvalue weighted by atomic mass is 19.4. The lowest BCUT2D eigenvalue weighted by Crippen LogP contribution is -2.73. The zero-order valence-electron chi connectivity index (χ0n) is 16.3. The van der Waals surface area contributed by atoms with Gasteiger partial charge < -0.3 is 4.90 Å². The zero-order chi connectivity index (χ0) is 22.2. The molecule has 0 radical (unpaired) electrons. The van der Waals surface area contributed by atoms with Gasteiger partial charge in [0.15, 0.2) is 0 Å². The molecule has 2 heterocycles. The molecule has 0 aliphatic carbocycles. The van der Waals surface area contributed by atoms with Crippen LogP contribution < -0.4 is 15.5 Å². The number of alkyl halides is 3. The minimum atomic E-state index is -4.50. The van der Waals surface area contributed by atoms with E-state index in [1.165, 1.54) is 18.2 Å². The molecule has 0 saturated carbocycles. The van der Waals surface area contributed by atoms with Gasteiger partial charge >= 0.3 is 12.2 Å². The van der Waals surface area contributed by atoms with Gasteiger partial charge in [0, 0.05) is 31.9 Å². The molecule has 2 N–H and O–H groups in total. The molecular formula is C21H19F3N4O3. The van der Waals surface area contributed by atoms with Crippen molar-refractivity contribution in [1.29, 1.82) is 0 Å². The standard InChI is InChI=1S/C21H19F3N4O3/c22-21(23,24)15-8-4-5-9-16(15)27-10-12-28(13-11-27)20(14-6-2-1-3-7-14)17(29)25-19(31)26-18(20)30/h1-9H,10-13H2,(H2,25,26,29,30,31). The monoisotopic (exact) mass is 432 g/mol. The fourth-order valence-electron chi connectivity index (χ4n) is 4.20. The van der Waals surface area contributed by atoms with Crippen LogP contribution >= 0.6 is 0 Å². The minimum absolute atomic E-state index is 0.0520. The molecule has 7 nitrogen and oxygen atoms in total. The maximum absolute atomic E-state index is 13.4. The van der Waals surface area contributed by atoms with E-state index in [9.17, 15) is 27.6 Å². The third kappa shape index (κ3) is 3.52. The Bertz CT molecular complexity index is 998. The quantitative estimate of drug-likeness (QED) is 0.726. The molecule has 10 heteroatoms. The molecule has 2 aliphatic rings. The predicted octanol–water partition coefficient (Wildman–Crippen LogP) is 2.09. The summed E-state index contributed by atoms with van der Waals surface area (Å²) in [4.78, 5) is 40.8. The number of piperazine rings is 1. The highest BCUT2D eigenvalue weighted by Gasteiger charge is 2.56. The number of urea groups is 1. The second kappa shape index (κ2) is 7.69. The summed E-state index contributed by atoms with van der Waals surface area (Å²) in [6, 6.07) is 12.7. The van der Waals surface area contributed by atoms with Crippen LogP contribution in [0.1, 0.15) is 11.1 Å². The Balaban J connectivity index is 1.66. The second-order valence-corrected chi connectivity index (χ2v) is 7.30. The molecule has 0 unspecified atom stereocenters. The SMILES string of the molecule is O=C1NC(=O)C(c2ccccc2)(N2CCN(c3ccccc3C(F)(F)F)CC2)C(=O)N1. The first-order valence-corrected chi connectivity index (χ1v) is 9.63. The number of carbonyl (C=O) groups is 3. The van der Waals surface area contributed by atoms with E-state index in [0.29, 0.717) is 5.56 Å². The Morgan fingerprint density at radius 1 is 0.774 bits per heavy atom. The lowest BCUT2D eigenvalue weighted by molar-refractivity contribution is -0.149. The van der Waals surface area contributed by atoms with E-state index in [-0.39, 0.29) is 31.9 Å². The average molecular weight is 432 g/mol. The van der Waals surface area contributed by atoms with Gasteiger partial charge in [-0.1, -0.05) is 42.5 Å². The molecule has 2 fully saturated rings. The molecule has 0 bridgehead atoms. The molecule has 4 rings (SSSR count). The van der Waals surface area contributed by atoms with Gasteiger partial charge in [-0.15, -0.1) is 0 Å². The molecule has 2 aromatic carbocycles. The highest BCUT2D eigenvalue weighted by molar-refractivity contribution is 6.22. The number of nitrogens with zero attached hydrogens (tertiary/aromatic N) is 2. The number of benzene rings is 2. The Morgan fingerprint density at radius 3 is 1.90 bits per heavy atom. The van der Waals surface area contributed by atoms with Gasteiger partial charge in [0.25, 0.3) is 11.8 Å². The number of imide groups is 2. The smallest absolute Gasteiger partial charge is 0.368 e. The van der Waals surface area contributed by atoms with Gasteiger partial charge in [0.1, 0.15) is 0 Å². The predicted molar refractivity (Wildman–Crippen MR) is 105 cm³/mol. The van der Waals surface area contributed by atoms with Crippen LogP contribution in [0, 0.1) is 0 Å². The van der Waals surface area contributed by atoms with Crippen molar-refractivity contribution in [1.82, 2.24) is 15.5 Å².